The van der Waals surface area contributed by atoms with E-state index in [4.69, 9.17) is 16.3 Å². The maximum atomic E-state index is 13.1. The number of amides is 2. The number of methoxy groups -OCH3 is 1. The van der Waals surface area contributed by atoms with E-state index in [1.165, 1.54) is 0 Å². The molecule has 32 heavy (non-hydrogen) atoms. The molecule has 2 aromatic rings. The second kappa shape index (κ2) is 11.3. The molecule has 1 aliphatic heterocycles. The van der Waals surface area contributed by atoms with E-state index < -0.39 is 6.04 Å². The topological polar surface area (TPSA) is 70.7 Å². The van der Waals surface area contributed by atoms with Gasteiger partial charge in [-0.2, -0.15) is 0 Å². The van der Waals surface area contributed by atoms with E-state index in [9.17, 15) is 9.59 Å². The number of para-hydroxylation sites is 1. The quantitative estimate of drug-likeness (QED) is 0.595. The summed E-state index contributed by atoms with van der Waals surface area (Å²) < 4.78 is 5.58. The number of halogens is 1. The maximum absolute atomic E-state index is 13.1. The number of ether oxygens (including phenoxy) is 1. The maximum Gasteiger partial charge on any atom is 0.251 e. The van der Waals surface area contributed by atoms with Gasteiger partial charge in [0.25, 0.3) is 5.91 Å². The Morgan fingerprint density at radius 2 is 1.72 bits per heavy atom. The summed E-state index contributed by atoms with van der Waals surface area (Å²) in [6.45, 7) is 6.26. The fraction of sp³-hybridized carbons (Fsp3) is 0.440. The average Bonchev–Trinajstić information content (AvgIpc) is 3.32. The van der Waals surface area contributed by atoms with E-state index in [1.54, 1.807) is 31.4 Å². The van der Waals surface area contributed by atoms with Crippen molar-refractivity contribution < 1.29 is 14.3 Å². The number of rotatable bonds is 9. The minimum Gasteiger partial charge on any atom is -0.496 e. The van der Waals surface area contributed by atoms with Gasteiger partial charge in [-0.25, -0.2) is 0 Å². The van der Waals surface area contributed by atoms with Crippen LogP contribution in [-0.2, 0) is 4.79 Å². The van der Waals surface area contributed by atoms with Crippen molar-refractivity contribution in [3.8, 4) is 5.75 Å². The zero-order chi connectivity index (χ0) is 23.1. The Morgan fingerprint density at radius 3 is 2.34 bits per heavy atom. The summed E-state index contributed by atoms with van der Waals surface area (Å²) in [5, 5.41) is 6.52. The van der Waals surface area contributed by atoms with Gasteiger partial charge in [-0.3, -0.25) is 14.5 Å². The lowest BCUT2D eigenvalue weighted by Crippen LogP contribution is -2.51. The molecule has 0 aliphatic carbocycles. The fourth-order valence-electron chi connectivity index (χ4n) is 4.10. The Morgan fingerprint density at radius 1 is 1.06 bits per heavy atom. The van der Waals surface area contributed by atoms with Gasteiger partial charge in [-0.05, 0) is 62.2 Å². The van der Waals surface area contributed by atoms with E-state index in [-0.39, 0.29) is 23.8 Å². The first-order chi connectivity index (χ1) is 15.4. The highest BCUT2D eigenvalue weighted by Gasteiger charge is 2.29. The van der Waals surface area contributed by atoms with E-state index in [1.807, 2.05) is 32.0 Å². The minimum absolute atomic E-state index is 0.0115. The molecule has 172 valence electrons. The van der Waals surface area contributed by atoms with Crippen molar-refractivity contribution in [2.45, 2.75) is 38.8 Å². The van der Waals surface area contributed by atoms with Crippen LogP contribution in [0.1, 0.15) is 48.7 Å². The van der Waals surface area contributed by atoms with Gasteiger partial charge in [0.1, 0.15) is 11.8 Å². The molecule has 0 aromatic heterocycles. The molecule has 0 spiro atoms. The van der Waals surface area contributed by atoms with E-state index in [0.717, 1.165) is 37.2 Å². The summed E-state index contributed by atoms with van der Waals surface area (Å²) in [7, 11) is 1.67. The van der Waals surface area contributed by atoms with E-state index >= 15 is 0 Å². The van der Waals surface area contributed by atoms with Gasteiger partial charge in [0.2, 0.25) is 5.91 Å². The predicted molar refractivity (Wildman–Crippen MR) is 127 cm³/mol. The number of nitrogens with zero attached hydrogens (tertiary/aromatic N) is 1. The first-order valence-corrected chi connectivity index (χ1v) is 11.5. The van der Waals surface area contributed by atoms with Crippen LogP contribution >= 0.6 is 11.6 Å². The second-order valence-corrected chi connectivity index (χ2v) is 8.88. The molecule has 2 aromatic carbocycles. The first-order valence-electron chi connectivity index (χ1n) is 11.1. The standard InChI is InChI=1S/C25H32ClN3O3/c1-17(2)23(28-24(30)18-10-12-19(26)13-11-18)25(31)27-16-21(29-14-6-7-15-29)20-8-4-5-9-22(20)32-3/h4-5,8-13,17,21,23H,6-7,14-16H2,1-3H3,(H,27,31)(H,28,30)/t21-,23+/m0/s1. The Hall–Kier alpha value is -2.57. The van der Waals surface area contributed by atoms with Crippen LogP contribution in [0.2, 0.25) is 5.02 Å². The molecule has 1 aliphatic rings. The number of carbonyl (C=O) groups is 2. The Bertz CT molecular complexity index is 911. The molecule has 0 bridgehead atoms. The Labute approximate surface area is 195 Å². The van der Waals surface area contributed by atoms with Crippen LogP contribution in [0.5, 0.6) is 5.75 Å². The third-order valence-electron chi connectivity index (χ3n) is 5.89. The van der Waals surface area contributed by atoms with Crippen molar-refractivity contribution in [3.63, 3.8) is 0 Å². The molecule has 0 saturated carbocycles. The molecule has 1 fully saturated rings. The predicted octanol–water partition coefficient (Wildman–Crippen LogP) is 4.06. The zero-order valence-corrected chi connectivity index (χ0v) is 19.7. The van der Waals surface area contributed by atoms with Crippen molar-refractivity contribution in [2.24, 2.45) is 5.92 Å². The number of likely N-dealkylation sites (tertiary alicyclic amines) is 1. The van der Waals surface area contributed by atoms with Crippen molar-refractivity contribution in [2.75, 3.05) is 26.7 Å². The van der Waals surface area contributed by atoms with Gasteiger partial charge in [0, 0.05) is 22.7 Å². The summed E-state index contributed by atoms with van der Waals surface area (Å²) in [5.41, 5.74) is 1.53. The lowest BCUT2D eigenvalue weighted by atomic mass is 10.0. The van der Waals surface area contributed by atoms with E-state index in [2.05, 4.69) is 21.6 Å². The highest BCUT2D eigenvalue weighted by Crippen LogP contribution is 2.31. The molecule has 2 amide bonds. The van der Waals surface area contributed by atoms with Crippen LogP contribution in [0.25, 0.3) is 0 Å². The average molecular weight is 458 g/mol. The highest BCUT2D eigenvalue weighted by atomic mass is 35.5. The van der Waals surface area contributed by atoms with Crippen LogP contribution in [0, 0.1) is 5.92 Å². The van der Waals surface area contributed by atoms with Crippen molar-refractivity contribution in [1.82, 2.24) is 15.5 Å². The number of benzene rings is 2. The van der Waals surface area contributed by atoms with E-state index in [0.29, 0.717) is 17.1 Å². The van der Waals surface area contributed by atoms with Crippen molar-refractivity contribution in [3.05, 3.63) is 64.7 Å². The van der Waals surface area contributed by atoms with Crippen LogP contribution in [0.3, 0.4) is 0 Å². The van der Waals surface area contributed by atoms with Gasteiger partial charge in [0.05, 0.1) is 13.2 Å². The molecule has 1 heterocycles. The molecule has 0 radical (unpaired) electrons. The summed E-state index contributed by atoms with van der Waals surface area (Å²) in [6.07, 6.45) is 2.29. The van der Waals surface area contributed by atoms with Gasteiger partial charge >= 0.3 is 0 Å². The normalized spacial score (nSPS) is 15.9. The summed E-state index contributed by atoms with van der Waals surface area (Å²) in [6, 6.07) is 13.9. The van der Waals surface area contributed by atoms with Gasteiger partial charge < -0.3 is 15.4 Å². The van der Waals surface area contributed by atoms with Crippen molar-refractivity contribution in [1.29, 1.82) is 0 Å². The summed E-state index contributed by atoms with van der Waals surface area (Å²) in [4.78, 5) is 28.2. The molecular formula is C25H32ClN3O3. The lowest BCUT2D eigenvalue weighted by Gasteiger charge is -2.30. The zero-order valence-electron chi connectivity index (χ0n) is 18.9. The molecule has 2 atom stereocenters. The molecule has 7 heteroatoms. The smallest absolute Gasteiger partial charge is 0.251 e. The molecule has 3 rings (SSSR count). The summed E-state index contributed by atoms with van der Waals surface area (Å²) in [5.74, 6) is 0.260. The molecular weight excluding hydrogens is 426 g/mol. The van der Waals surface area contributed by atoms with Crippen LogP contribution in [0.15, 0.2) is 48.5 Å². The molecule has 0 unspecified atom stereocenters. The van der Waals surface area contributed by atoms with Crippen LogP contribution in [-0.4, -0.2) is 49.5 Å². The van der Waals surface area contributed by atoms with Crippen LogP contribution in [0.4, 0.5) is 0 Å². The highest BCUT2D eigenvalue weighted by molar-refractivity contribution is 6.30. The second-order valence-electron chi connectivity index (χ2n) is 8.45. The fourth-order valence-corrected chi connectivity index (χ4v) is 4.22. The molecule has 1 saturated heterocycles. The monoisotopic (exact) mass is 457 g/mol. The summed E-state index contributed by atoms with van der Waals surface area (Å²) >= 11 is 5.91. The third kappa shape index (κ3) is 6.02. The Balaban J connectivity index is 1.71. The Kier molecular flexibility index (Phi) is 8.53. The third-order valence-corrected chi connectivity index (χ3v) is 6.14. The lowest BCUT2D eigenvalue weighted by molar-refractivity contribution is -0.124. The molecule has 2 N–H and O–H groups in total. The van der Waals surface area contributed by atoms with Crippen LogP contribution < -0.4 is 15.4 Å². The number of nitrogens with one attached hydrogen (secondary N) is 2. The number of hydrogen-bond donors (Lipinski definition) is 2. The first kappa shape index (κ1) is 24.1. The SMILES string of the molecule is COc1ccccc1[C@H](CNC(=O)[C@H](NC(=O)c1ccc(Cl)cc1)C(C)C)N1CCCC1. The minimum atomic E-state index is -0.643. The number of hydrogen-bond acceptors (Lipinski definition) is 4. The van der Waals surface area contributed by atoms with Gasteiger partial charge in [-0.15, -0.1) is 0 Å². The number of carbonyl (C=O) groups excluding carboxylic acids is 2. The molecule has 6 nitrogen and oxygen atoms in total. The van der Waals surface area contributed by atoms with Crippen molar-refractivity contribution >= 4 is 23.4 Å². The van der Waals surface area contributed by atoms with Gasteiger partial charge in [0.15, 0.2) is 0 Å². The van der Waals surface area contributed by atoms with Gasteiger partial charge in [-0.1, -0.05) is 43.6 Å². The largest absolute Gasteiger partial charge is 0.496 e.